The Labute approximate surface area is 206 Å². The van der Waals surface area contributed by atoms with Crippen LogP contribution in [0.2, 0.25) is 0 Å². The number of nitrogens with one attached hydrogen (secondary N) is 2. The largest absolute Gasteiger partial charge is 0.481 e. The molecule has 0 saturated heterocycles. The Morgan fingerprint density at radius 3 is 2.34 bits per heavy atom. The van der Waals surface area contributed by atoms with Crippen molar-refractivity contribution in [2.75, 3.05) is 28.6 Å². The minimum atomic E-state index is -0.686. The van der Waals surface area contributed by atoms with Gasteiger partial charge in [0.2, 0.25) is 0 Å². The van der Waals surface area contributed by atoms with Crippen molar-refractivity contribution in [3.05, 3.63) is 78.4 Å². The third kappa shape index (κ3) is 5.32. The van der Waals surface area contributed by atoms with Gasteiger partial charge in [0.15, 0.2) is 0 Å². The van der Waals surface area contributed by atoms with Crippen LogP contribution in [0.1, 0.15) is 43.6 Å². The fraction of sp³-hybridized carbons (Fsp3) is 0.310. The number of urea groups is 1. The molecular formula is C29H31N3O3. The number of fused-ring (bicyclic) bond motifs is 1. The smallest absolute Gasteiger partial charge is 0.326 e. The molecule has 3 N–H and O–H groups in total. The van der Waals surface area contributed by atoms with E-state index in [0.717, 1.165) is 53.9 Å². The first-order chi connectivity index (χ1) is 17.1. The summed E-state index contributed by atoms with van der Waals surface area (Å²) in [5.74, 6) is 0.127. The molecule has 0 unspecified atom stereocenters. The van der Waals surface area contributed by atoms with E-state index in [2.05, 4.69) is 47.0 Å². The van der Waals surface area contributed by atoms with Gasteiger partial charge in [-0.1, -0.05) is 48.5 Å². The van der Waals surface area contributed by atoms with E-state index in [4.69, 9.17) is 5.11 Å². The van der Waals surface area contributed by atoms with Crippen molar-refractivity contribution >= 4 is 29.1 Å². The zero-order valence-electron chi connectivity index (χ0n) is 19.7. The Kier molecular flexibility index (Phi) is 6.70. The fourth-order valence-corrected chi connectivity index (χ4v) is 5.32. The number of para-hydroxylation sites is 1. The molecule has 1 aliphatic heterocycles. The number of anilines is 3. The van der Waals surface area contributed by atoms with Gasteiger partial charge in [-0.15, -0.1) is 0 Å². The van der Waals surface area contributed by atoms with Crippen molar-refractivity contribution in [2.24, 2.45) is 5.92 Å². The predicted molar refractivity (Wildman–Crippen MR) is 140 cm³/mol. The highest BCUT2D eigenvalue weighted by Crippen LogP contribution is 2.38. The molecule has 180 valence electrons. The van der Waals surface area contributed by atoms with Gasteiger partial charge >= 0.3 is 12.0 Å². The quantitative estimate of drug-likeness (QED) is 0.395. The number of benzene rings is 3. The molecule has 1 aliphatic carbocycles. The number of hydrogen-bond donors (Lipinski definition) is 3. The van der Waals surface area contributed by atoms with Crippen molar-refractivity contribution in [2.45, 2.75) is 38.0 Å². The highest BCUT2D eigenvalue weighted by Gasteiger charge is 2.25. The lowest BCUT2D eigenvalue weighted by molar-refractivity contribution is -0.138. The summed E-state index contributed by atoms with van der Waals surface area (Å²) in [7, 11) is 0. The zero-order valence-corrected chi connectivity index (χ0v) is 19.7. The molecule has 1 heterocycles. The van der Waals surface area contributed by atoms with Crippen LogP contribution >= 0.6 is 0 Å². The minimum absolute atomic E-state index is 0.134. The molecule has 6 heteroatoms. The Bertz CT molecular complexity index is 1190. The third-order valence-electron chi connectivity index (χ3n) is 7.24. The van der Waals surface area contributed by atoms with E-state index in [1.54, 1.807) is 4.90 Å². The molecule has 0 bridgehead atoms. The fourth-order valence-electron chi connectivity index (χ4n) is 5.32. The molecule has 0 aromatic heterocycles. The van der Waals surface area contributed by atoms with Gasteiger partial charge < -0.3 is 15.7 Å². The van der Waals surface area contributed by atoms with Gasteiger partial charge in [0, 0.05) is 25.2 Å². The molecule has 1 fully saturated rings. The third-order valence-corrected chi connectivity index (χ3v) is 7.24. The van der Waals surface area contributed by atoms with Gasteiger partial charge in [0.1, 0.15) is 0 Å². The van der Waals surface area contributed by atoms with Gasteiger partial charge in [-0.2, -0.15) is 0 Å². The van der Waals surface area contributed by atoms with E-state index in [-0.39, 0.29) is 6.03 Å². The maximum absolute atomic E-state index is 13.0. The number of nitrogens with zero attached hydrogens (tertiary/aromatic N) is 1. The highest BCUT2D eigenvalue weighted by molar-refractivity contribution is 6.05. The highest BCUT2D eigenvalue weighted by atomic mass is 16.4. The summed E-state index contributed by atoms with van der Waals surface area (Å²) in [5, 5.41) is 15.4. The molecule has 35 heavy (non-hydrogen) atoms. The molecule has 0 atom stereocenters. The van der Waals surface area contributed by atoms with Crippen LogP contribution < -0.4 is 15.5 Å². The number of carbonyl (C=O) groups is 2. The second-order valence-electron chi connectivity index (χ2n) is 9.54. The molecular weight excluding hydrogens is 438 g/mol. The Morgan fingerprint density at radius 2 is 1.63 bits per heavy atom. The molecule has 0 spiro atoms. The SMILES string of the molecule is O=C(O)C[C@H]1CC[C@H](c2ccc(-c3ccc4c(c3)N(C(=O)Nc3ccccc3)CCN4)cc2)CC1. The Balaban J connectivity index is 1.30. The van der Waals surface area contributed by atoms with E-state index in [1.165, 1.54) is 5.56 Å². The minimum Gasteiger partial charge on any atom is -0.481 e. The van der Waals surface area contributed by atoms with Gasteiger partial charge in [-0.3, -0.25) is 9.69 Å². The number of aliphatic carboxylic acids is 1. The van der Waals surface area contributed by atoms with Crippen LogP contribution in [0.4, 0.5) is 21.9 Å². The monoisotopic (exact) mass is 469 g/mol. The van der Waals surface area contributed by atoms with Crippen LogP contribution in [0.15, 0.2) is 72.8 Å². The van der Waals surface area contributed by atoms with Gasteiger partial charge in [0.05, 0.1) is 11.4 Å². The number of amides is 2. The second-order valence-corrected chi connectivity index (χ2v) is 9.54. The second kappa shape index (κ2) is 10.2. The molecule has 3 aromatic carbocycles. The molecule has 2 aliphatic rings. The number of carboxylic acids is 1. The number of rotatable bonds is 5. The van der Waals surface area contributed by atoms with Gasteiger partial charge in [-0.05, 0) is 78.5 Å². The first kappa shape index (κ1) is 23.0. The Hall–Kier alpha value is -3.80. The van der Waals surface area contributed by atoms with Crippen molar-refractivity contribution in [1.29, 1.82) is 0 Å². The van der Waals surface area contributed by atoms with Crippen LogP contribution in [-0.2, 0) is 4.79 Å². The van der Waals surface area contributed by atoms with Crippen molar-refractivity contribution < 1.29 is 14.7 Å². The maximum atomic E-state index is 13.0. The number of carboxylic acid groups (broad SMARTS) is 1. The van der Waals surface area contributed by atoms with Crippen molar-refractivity contribution in [3.8, 4) is 11.1 Å². The normalized spacial score (nSPS) is 19.4. The Morgan fingerprint density at radius 1 is 0.914 bits per heavy atom. The van der Waals surface area contributed by atoms with Crippen LogP contribution in [0.5, 0.6) is 0 Å². The molecule has 6 nitrogen and oxygen atoms in total. The lowest BCUT2D eigenvalue weighted by Crippen LogP contribution is -2.41. The lowest BCUT2D eigenvalue weighted by Gasteiger charge is -2.31. The summed E-state index contributed by atoms with van der Waals surface area (Å²) in [6, 6.07) is 24.3. The maximum Gasteiger partial charge on any atom is 0.326 e. The van der Waals surface area contributed by atoms with E-state index >= 15 is 0 Å². The van der Waals surface area contributed by atoms with Crippen molar-refractivity contribution in [3.63, 3.8) is 0 Å². The van der Waals surface area contributed by atoms with Crippen molar-refractivity contribution in [1.82, 2.24) is 0 Å². The number of carbonyl (C=O) groups excluding carboxylic acids is 1. The van der Waals surface area contributed by atoms with Crippen LogP contribution in [0.25, 0.3) is 11.1 Å². The van der Waals surface area contributed by atoms with Crippen LogP contribution in [-0.4, -0.2) is 30.2 Å². The topological polar surface area (TPSA) is 81.7 Å². The standard InChI is InChI=1S/C29H31N3O3/c33-28(34)18-20-6-8-21(9-7-20)22-10-12-23(13-11-22)24-14-15-26-27(19-24)32(17-16-30-26)29(35)31-25-4-2-1-3-5-25/h1-5,10-15,19-21,30H,6-9,16-18H2,(H,31,35)(H,33,34)/t20-,21-. The van der Waals surface area contributed by atoms with Crippen LogP contribution in [0.3, 0.4) is 0 Å². The van der Waals surface area contributed by atoms with E-state index < -0.39 is 5.97 Å². The predicted octanol–water partition coefficient (Wildman–Crippen LogP) is 6.57. The molecule has 5 rings (SSSR count). The summed E-state index contributed by atoms with van der Waals surface area (Å²) in [6.45, 7) is 1.30. The molecule has 2 amide bonds. The van der Waals surface area contributed by atoms with Gasteiger partial charge in [0.25, 0.3) is 0 Å². The van der Waals surface area contributed by atoms with Gasteiger partial charge in [-0.25, -0.2) is 4.79 Å². The average molecular weight is 470 g/mol. The number of hydrogen-bond acceptors (Lipinski definition) is 3. The van der Waals surface area contributed by atoms with Crippen LogP contribution in [0, 0.1) is 5.92 Å². The first-order valence-corrected chi connectivity index (χ1v) is 12.4. The zero-order chi connectivity index (χ0) is 24.2. The summed E-state index contributed by atoms with van der Waals surface area (Å²) >= 11 is 0. The summed E-state index contributed by atoms with van der Waals surface area (Å²) in [5.41, 5.74) is 6.13. The average Bonchev–Trinajstić information content (AvgIpc) is 2.89. The van der Waals surface area contributed by atoms with E-state index in [9.17, 15) is 9.59 Å². The molecule has 3 aromatic rings. The summed E-state index contributed by atoms with van der Waals surface area (Å²) in [6.07, 6.45) is 4.36. The lowest BCUT2D eigenvalue weighted by atomic mass is 9.77. The summed E-state index contributed by atoms with van der Waals surface area (Å²) < 4.78 is 0. The first-order valence-electron chi connectivity index (χ1n) is 12.4. The molecule has 0 radical (unpaired) electrons. The van der Waals surface area contributed by atoms with E-state index in [0.29, 0.717) is 31.3 Å². The molecule has 1 saturated carbocycles. The summed E-state index contributed by atoms with van der Waals surface area (Å²) in [4.78, 5) is 25.8. The van der Waals surface area contributed by atoms with E-state index in [1.807, 2.05) is 36.4 Å².